The quantitative estimate of drug-likeness (QED) is 0.820. The van der Waals surface area contributed by atoms with Crippen LogP contribution in [0, 0.1) is 6.92 Å². The number of amides is 1. The molecule has 0 spiro atoms. The number of rotatable bonds is 5. The second-order valence-corrected chi connectivity index (χ2v) is 6.95. The van der Waals surface area contributed by atoms with Gasteiger partial charge in [-0.25, -0.2) is 4.79 Å². The Bertz CT molecular complexity index is 531. The number of hydrogen-bond acceptors (Lipinski definition) is 3. The van der Waals surface area contributed by atoms with Gasteiger partial charge in [-0.3, -0.25) is 4.79 Å². The fraction of sp³-hybridized carbons (Fsp3) is 0.429. The first-order valence-corrected chi connectivity index (χ1v) is 7.83. The minimum absolute atomic E-state index is 0.204. The summed E-state index contributed by atoms with van der Waals surface area (Å²) < 4.78 is 0.995. The van der Waals surface area contributed by atoms with E-state index in [1.54, 1.807) is 0 Å². The van der Waals surface area contributed by atoms with E-state index in [9.17, 15) is 9.59 Å². The highest BCUT2D eigenvalue weighted by Gasteiger charge is 2.34. The molecular weight excluding hydrogens is 342 g/mol. The van der Waals surface area contributed by atoms with Gasteiger partial charge in [0.15, 0.2) is 0 Å². The van der Waals surface area contributed by atoms with Gasteiger partial charge in [-0.15, -0.1) is 11.8 Å². The highest BCUT2D eigenvalue weighted by molar-refractivity contribution is 9.10. The van der Waals surface area contributed by atoms with E-state index < -0.39 is 11.5 Å². The SMILES string of the molecule is Cc1cc(Br)ccc1SCC(=O)N(C)C(C)(C)C(=O)O. The van der Waals surface area contributed by atoms with Crippen LogP contribution in [0.25, 0.3) is 0 Å². The summed E-state index contributed by atoms with van der Waals surface area (Å²) in [4.78, 5) is 25.5. The van der Waals surface area contributed by atoms with Crippen LogP contribution >= 0.6 is 27.7 Å². The molecular formula is C14H18BrNO3S. The van der Waals surface area contributed by atoms with E-state index in [1.165, 1.54) is 37.6 Å². The molecule has 110 valence electrons. The Morgan fingerprint density at radius 1 is 1.40 bits per heavy atom. The fourth-order valence-electron chi connectivity index (χ4n) is 1.47. The molecule has 1 amide bonds. The molecule has 0 heterocycles. The van der Waals surface area contributed by atoms with E-state index in [1.807, 2.05) is 25.1 Å². The fourth-order valence-corrected chi connectivity index (χ4v) is 2.87. The topological polar surface area (TPSA) is 57.6 Å². The van der Waals surface area contributed by atoms with Crippen LogP contribution in [0.15, 0.2) is 27.6 Å². The number of benzene rings is 1. The zero-order chi connectivity index (χ0) is 15.5. The summed E-state index contributed by atoms with van der Waals surface area (Å²) in [6.07, 6.45) is 0. The Balaban J connectivity index is 2.70. The Labute approximate surface area is 131 Å². The van der Waals surface area contributed by atoms with Gasteiger partial charge in [0.25, 0.3) is 0 Å². The molecule has 0 aliphatic heterocycles. The normalized spacial score (nSPS) is 11.2. The number of carbonyl (C=O) groups is 2. The first-order valence-electron chi connectivity index (χ1n) is 6.05. The summed E-state index contributed by atoms with van der Waals surface area (Å²) >= 11 is 4.81. The Morgan fingerprint density at radius 3 is 2.50 bits per heavy atom. The minimum Gasteiger partial charge on any atom is -0.480 e. The summed E-state index contributed by atoms with van der Waals surface area (Å²) in [7, 11) is 1.52. The number of hydrogen-bond donors (Lipinski definition) is 1. The summed E-state index contributed by atoms with van der Waals surface area (Å²) in [6, 6.07) is 5.85. The van der Waals surface area contributed by atoms with Gasteiger partial charge in [-0.1, -0.05) is 15.9 Å². The molecule has 0 bridgehead atoms. The number of carboxylic acids is 1. The van der Waals surface area contributed by atoms with Gasteiger partial charge in [0.2, 0.25) is 5.91 Å². The van der Waals surface area contributed by atoms with E-state index in [2.05, 4.69) is 15.9 Å². The summed E-state index contributed by atoms with van der Waals surface area (Å²) in [5.41, 5.74) is -0.121. The lowest BCUT2D eigenvalue weighted by Crippen LogP contribution is -2.51. The average molecular weight is 360 g/mol. The Morgan fingerprint density at radius 2 is 2.00 bits per heavy atom. The van der Waals surface area contributed by atoms with Crippen molar-refractivity contribution in [3.63, 3.8) is 0 Å². The number of thioether (sulfide) groups is 1. The van der Waals surface area contributed by atoms with Gasteiger partial charge >= 0.3 is 5.97 Å². The molecule has 0 unspecified atom stereocenters. The Kier molecular flexibility index (Phi) is 5.65. The standard InChI is InChI=1S/C14H18BrNO3S/c1-9-7-10(15)5-6-11(9)20-8-12(17)16(4)14(2,3)13(18)19/h5-7H,8H2,1-4H3,(H,18,19). The molecule has 6 heteroatoms. The van der Waals surface area contributed by atoms with Gasteiger partial charge in [0.1, 0.15) is 5.54 Å². The molecule has 0 atom stereocenters. The molecule has 0 aliphatic carbocycles. The lowest BCUT2D eigenvalue weighted by atomic mass is 10.0. The lowest BCUT2D eigenvalue weighted by molar-refractivity contribution is -0.154. The maximum absolute atomic E-state index is 12.1. The average Bonchev–Trinajstić information content (AvgIpc) is 2.36. The predicted octanol–water partition coefficient (Wildman–Crippen LogP) is 3.17. The Hall–Kier alpha value is -1.01. The van der Waals surface area contributed by atoms with E-state index in [0.29, 0.717) is 0 Å². The third-order valence-electron chi connectivity index (χ3n) is 3.22. The van der Waals surface area contributed by atoms with Crippen LogP contribution in [0.3, 0.4) is 0 Å². The van der Waals surface area contributed by atoms with Crippen LogP contribution in [0.4, 0.5) is 0 Å². The van der Waals surface area contributed by atoms with Crippen molar-refractivity contribution in [1.29, 1.82) is 0 Å². The number of nitrogens with zero attached hydrogens (tertiary/aromatic N) is 1. The van der Waals surface area contributed by atoms with Crippen molar-refractivity contribution in [3.8, 4) is 0 Å². The summed E-state index contributed by atoms with van der Waals surface area (Å²) in [6.45, 7) is 5.01. The largest absolute Gasteiger partial charge is 0.480 e. The molecule has 4 nitrogen and oxygen atoms in total. The maximum Gasteiger partial charge on any atom is 0.329 e. The molecule has 0 saturated heterocycles. The molecule has 0 radical (unpaired) electrons. The number of aliphatic carboxylic acids is 1. The lowest BCUT2D eigenvalue weighted by Gasteiger charge is -2.31. The number of carboxylic acid groups (broad SMARTS) is 1. The molecule has 1 aromatic rings. The summed E-state index contributed by atoms with van der Waals surface area (Å²) in [5.74, 6) is -1.00. The van der Waals surface area contributed by atoms with E-state index in [0.717, 1.165) is 14.9 Å². The molecule has 0 saturated carbocycles. The number of halogens is 1. The number of aryl methyl sites for hydroxylation is 1. The molecule has 1 aromatic carbocycles. The molecule has 0 aliphatic rings. The van der Waals surface area contributed by atoms with Crippen LogP contribution in [0.1, 0.15) is 19.4 Å². The molecule has 0 aromatic heterocycles. The maximum atomic E-state index is 12.1. The molecule has 1 N–H and O–H groups in total. The smallest absolute Gasteiger partial charge is 0.329 e. The zero-order valence-electron chi connectivity index (χ0n) is 11.9. The highest BCUT2D eigenvalue weighted by Crippen LogP contribution is 2.26. The monoisotopic (exact) mass is 359 g/mol. The van der Waals surface area contributed by atoms with Crippen molar-refractivity contribution in [2.24, 2.45) is 0 Å². The number of likely N-dealkylation sites (N-methyl/N-ethyl adjacent to an activating group) is 1. The first kappa shape index (κ1) is 17.0. The minimum atomic E-state index is -1.20. The van der Waals surface area contributed by atoms with E-state index >= 15 is 0 Å². The van der Waals surface area contributed by atoms with Gasteiger partial charge in [-0.2, -0.15) is 0 Å². The third kappa shape index (κ3) is 3.99. The van der Waals surface area contributed by atoms with E-state index in [-0.39, 0.29) is 11.7 Å². The molecule has 0 fully saturated rings. The van der Waals surface area contributed by atoms with Crippen molar-refractivity contribution < 1.29 is 14.7 Å². The second-order valence-electron chi connectivity index (χ2n) is 5.02. The van der Waals surface area contributed by atoms with Crippen molar-refractivity contribution >= 4 is 39.6 Å². The zero-order valence-corrected chi connectivity index (χ0v) is 14.3. The van der Waals surface area contributed by atoms with E-state index in [4.69, 9.17) is 5.11 Å². The second kappa shape index (κ2) is 6.63. The van der Waals surface area contributed by atoms with Crippen molar-refractivity contribution in [2.45, 2.75) is 31.2 Å². The van der Waals surface area contributed by atoms with Gasteiger partial charge < -0.3 is 10.0 Å². The summed E-state index contributed by atoms with van der Waals surface area (Å²) in [5, 5.41) is 9.11. The van der Waals surface area contributed by atoms with Crippen LogP contribution in [0.2, 0.25) is 0 Å². The van der Waals surface area contributed by atoms with Crippen molar-refractivity contribution in [1.82, 2.24) is 4.90 Å². The van der Waals surface area contributed by atoms with Crippen molar-refractivity contribution in [2.75, 3.05) is 12.8 Å². The highest BCUT2D eigenvalue weighted by atomic mass is 79.9. The van der Waals surface area contributed by atoms with Gasteiger partial charge in [0, 0.05) is 16.4 Å². The first-order chi connectivity index (χ1) is 9.16. The third-order valence-corrected chi connectivity index (χ3v) is 4.88. The van der Waals surface area contributed by atoms with Crippen molar-refractivity contribution in [3.05, 3.63) is 28.2 Å². The predicted molar refractivity (Wildman–Crippen MR) is 84.1 cm³/mol. The molecule has 20 heavy (non-hydrogen) atoms. The van der Waals surface area contributed by atoms with Crippen LogP contribution < -0.4 is 0 Å². The van der Waals surface area contributed by atoms with Crippen LogP contribution in [0.5, 0.6) is 0 Å². The van der Waals surface area contributed by atoms with Gasteiger partial charge in [-0.05, 0) is 44.5 Å². The number of carbonyl (C=O) groups excluding carboxylic acids is 1. The van der Waals surface area contributed by atoms with Crippen LogP contribution in [-0.4, -0.2) is 40.2 Å². The van der Waals surface area contributed by atoms with Crippen LogP contribution in [-0.2, 0) is 9.59 Å². The molecule has 1 rings (SSSR count). The van der Waals surface area contributed by atoms with Gasteiger partial charge in [0.05, 0.1) is 5.75 Å².